The number of amides is 2. The summed E-state index contributed by atoms with van der Waals surface area (Å²) >= 11 is 1.58. The zero-order chi connectivity index (χ0) is 18.8. The molecular formula is C18H21N3O4S. The van der Waals surface area contributed by atoms with E-state index in [1.807, 2.05) is 43.6 Å². The van der Waals surface area contributed by atoms with Gasteiger partial charge in [-0.2, -0.15) is 0 Å². The zero-order valence-corrected chi connectivity index (χ0v) is 15.4. The van der Waals surface area contributed by atoms with Crippen molar-refractivity contribution in [1.29, 1.82) is 0 Å². The summed E-state index contributed by atoms with van der Waals surface area (Å²) in [7, 11) is 0. The second-order valence-electron chi connectivity index (χ2n) is 6.46. The molecule has 3 rings (SSSR count). The molecule has 0 bridgehead atoms. The number of nitrogens with zero attached hydrogens (tertiary/aromatic N) is 2. The monoisotopic (exact) mass is 375 g/mol. The maximum Gasteiger partial charge on any atom is 0.408 e. The van der Waals surface area contributed by atoms with E-state index in [2.05, 4.69) is 10.3 Å². The van der Waals surface area contributed by atoms with Gasteiger partial charge in [0.25, 0.3) is 0 Å². The Hall–Kier alpha value is -2.45. The van der Waals surface area contributed by atoms with Crippen molar-refractivity contribution in [3.05, 3.63) is 41.0 Å². The lowest BCUT2D eigenvalue weighted by Crippen LogP contribution is -2.46. The largest absolute Gasteiger partial charge is 0.465 e. The minimum absolute atomic E-state index is 0.0370. The van der Waals surface area contributed by atoms with E-state index in [-0.39, 0.29) is 24.9 Å². The zero-order valence-electron chi connectivity index (χ0n) is 14.5. The summed E-state index contributed by atoms with van der Waals surface area (Å²) < 4.78 is 0. The predicted molar refractivity (Wildman–Crippen MR) is 98.0 cm³/mol. The molecule has 1 unspecified atom stereocenters. The minimum Gasteiger partial charge on any atom is -0.465 e. The van der Waals surface area contributed by atoms with E-state index in [1.54, 1.807) is 11.3 Å². The molecule has 0 spiro atoms. The average molecular weight is 375 g/mol. The van der Waals surface area contributed by atoms with E-state index in [1.165, 1.54) is 0 Å². The Morgan fingerprint density at radius 1 is 1.35 bits per heavy atom. The number of hydrogen-bond acceptors (Lipinski definition) is 5. The minimum atomic E-state index is -1.20. The molecule has 138 valence electrons. The second-order valence-corrected chi connectivity index (χ2v) is 7.31. The molecule has 1 aliphatic rings. The molecule has 0 aliphatic carbocycles. The number of likely N-dealkylation sites (tertiary alicyclic amines) is 1. The average Bonchev–Trinajstić information content (AvgIpc) is 3.20. The summed E-state index contributed by atoms with van der Waals surface area (Å²) in [5.41, 5.74) is 4.79. The van der Waals surface area contributed by atoms with Crippen molar-refractivity contribution in [2.45, 2.75) is 38.5 Å². The van der Waals surface area contributed by atoms with Crippen LogP contribution in [0.4, 0.5) is 4.79 Å². The third-order valence-electron chi connectivity index (χ3n) is 4.60. The highest BCUT2D eigenvalue weighted by molar-refractivity contribution is 7.13. The molecule has 1 fully saturated rings. The smallest absolute Gasteiger partial charge is 0.408 e. The van der Waals surface area contributed by atoms with Gasteiger partial charge in [0.1, 0.15) is 6.04 Å². The molecule has 1 aliphatic heterocycles. The van der Waals surface area contributed by atoms with Gasteiger partial charge in [0.05, 0.1) is 34.8 Å². The van der Waals surface area contributed by atoms with Crippen LogP contribution >= 0.6 is 11.3 Å². The molecule has 2 heterocycles. The molecule has 3 N–H and O–H groups in total. The van der Waals surface area contributed by atoms with Crippen LogP contribution in [0.1, 0.15) is 30.6 Å². The summed E-state index contributed by atoms with van der Waals surface area (Å²) in [6.45, 7) is 3.78. The van der Waals surface area contributed by atoms with Crippen LogP contribution in [-0.4, -0.2) is 50.8 Å². The Labute approximate surface area is 155 Å². The highest BCUT2D eigenvalue weighted by Crippen LogP contribution is 2.28. The summed E-state index contributed by atoms with van der Waals surface area (Å²) in [6, 6.07) is 6.73. The quantitative estimate of drug-likeness (QED) is 0.761. The lowest BCUT2D eigenvalue weighted by molar-refractivity contribution is -0.125. The fourth-order valence-electron chi connectivity index (χ4n) is 3.17. The first kappa shape index (κ1) is 18.3. The Morgan fingerprint density at radius 2 is 2.04 bits per heavy atom. The van der Waals surface area contributed by atoms with Gasteiger partial charge in [-0.3, -0.25) is 9.69 Å². The Bertz CT molecular complexity index is 805. The number of aliphatic hydroxyl groups excluding tert-OH is 1. The molecule has 0 radical (unpaired) electrons. The van der Waals surface area contributed by atoms with Crippen LogP contribution in [0.5, 0.6) is 0 Å². The number of β-amino-alcohol motifs (C(OH)–C–C–N with tert-alkyl or cyclic N) is 1. The van der Waals surface area contributed by atoms with Crippen LogP contribution in [-0.2, 0) is 4.79 Å². The van der Waals surface area contributed by atoms with Gasteiger partial charge < -0.3 is 15.5 Å². The Kier molecular flexibility index (Phi) is 5.24. The van der Waals surface area contributed by atoms with E-state index >= 15 is 0 Å². The second kappa shape index (κ2) is 7.43. The van der Waals surface area contributed by atoms with E-state index in [4.69, 9.17) is 0 Å². The predicted octanol–water partition coefficient (Wildman–Crippen LogP) is 2.41. The first-order chi connectivity index (χ1) is 12.4. The number of hydrogen-bond donors (Lipinski definition) is 3. The molecule has 8 heteroatoms. The van der Waals surface area contributed by atoms with Gasteiger partial charge in [-0.05, 0) is 25.0 Å². The van der Waals surface area contributed by atoms with Crippen LogP contribution < -0.4 is 5.32 Å². The molecule has 1 aromatic heterocycles. The van der Waals surface area contributed by atoms with Crippen LogP contribution in [0.2, 0.25) is 0 Å². The SMILES string of the molecule is Cc1ncsc1-c1ccc(C(C)NC(=O)[C@@H]2C[C@@H](O)CN2C(=O)O)cc1. The van der Waals surface area contributed by atoms with E-state index in [0.29, 0.717) is 0 Å². The maximum absolute atomic E-state index is 12.5. The fourth-order valence-corrected chi connectivity index (χ4v) is 3.98. The molecule has 1 aromatic carbocycles. The number of carbonyl (C=O) groups excluding carboxylic acids is 1. The first-order valence-electron chi connectivity index (χ1n) is 8.35. The highest BCUT2D eigenvalue weighted by atomic mass is 32.1. The van der Waals surface area contributed by atoms with E-state index < -0.39 is 18.2 Å². The first-order valence-corrected chi connectivity index (χ1v) is 9.23. The number of aryl methyl sites for hydroxylation is 1. The van der Waals surface area contributed by atoms with Gasteiger partial charge in [-0.15, -0.1) is 11.3 Å². The normalized spacial score (nSPS) is 20.8. The van der Waals surface area contributed by atoms with Crippen LogP contribution in [0.3, 0.4) is 0 Å². The topological polar surface area (TPSA) is 103 Å². The summed E-state index contributed by atoms with van der Waals surface area (Å²) in [6.07, 6.45) is -1.88. The highest BCUT2D eigenvalue weighted by Gasteiger charge is 2.39. The number of benzene rings is 1. The lowest BCUT2D eigenvalue weighted by Gasteiger charge is -2.23. The van der Waals surface area contributed by atoms with Crippen LogP contribution in [0.25, 0.3) is 10.4 Å². The van der Waals surface area contributed by atoms with Crippen LogP contribution in [0.15, 0.2) is 29.8 Å². The van der Waals surface area contributed by atoms with Crippen molar-refractivity contribution in [2.24, 2.45) is 0 Å². The van der Waals surface area contributed by atoms with Gasteiger partial charge >= 0.3 is 6.09 Å². The number of thiazole rings is 1. The summed E-state index contributed by atoms with van der Waals surface area (Å²) in [5.74, 6) is -0.390. The van der Waals surface area contributed by atoms with Gasteiger partial charge in [0, 0.05) is 6.42 Å². The van der Waals surface area contributed by atoms with Crippen molar-refractivity contribution in [2.75, 3.05) is 6.54 Å². The van der Waals surface area contributed by atoms with Crippen molar-refractivity contribution in [1.82, 2.24) is 15.2 Å². The number of carbonyl (C=O) groups is 2. The Morgan fingerprint density at radius 3 is 2.62 bits per heavy atom. The summed E-state index contributed by atoms with van der Waals surface area (Å²) in [4.78, 5) is 30.0. The molecule has 1 saturated heterocycles. The molecule has 7 nitrogen and oxygen atoms in total. The van der Waals surface area contributed by atoms with Gasteiger partial charge in [0.2, 0.25) is 5.91 Å². The van der Waals surface area contributed by atoms with Crippen molar-refractivity contribution >= 4 is 23.3 Å². The van der Waals surface area contributed by atoms with Gasteiger partial charge in [0.15, 0.2) is 0 Å². The molecule has 0 saturated carbocycles. The number of aliphatic hydroxyl groups is 1. The van der Waals surface area contributed by atoms with E-state index in [9.17, 15) is 19.8 Å². The van der Waals surface area contributed by atoms with E-state index in [0.717, 1.165) is 26.6 Å². The van der Waals surface area contributed by atoms with Crippen molar-refractivity contribution in [3.63, 3.8) is 0 Å². The third-order valence-corrected chi connectivity index (χ3v) is 5.58. The molecule has 26 heavy (non-hydrogen) atoms. The van der Waals surface area contributed by atoms with Crippen molar-refractivity contribution < 1.29 is 19.8 Å². The molecule has 2 amide bonds. The number of carboxylic acid groups (broad SMARTS) is 1. The third kappa shape index (κ3) is 3.71. The number of rotatable bonds is 4. The molecule has 3 atom stereocenters. The molecule has 2 aromatic rings. The maximum atomic E-state index is 12.5. The van der Waals surface area contributed by atoms with Crippen molar-refractivity contribution in [3.8, 4) is 10.4 Å². The lowest BCUT2D eigenvalue weighted by atomic mass is 10.0. The van der Waals surface area contributed by atoms with Gasteiger partial charge in [-0.25, -0.2) is 9.78 Å². The summed E-state index contributed by atoms with van der Waals surface area (Å²) in [5, 5.41) is 21.7. The standard InChI is InChI=1S/C18H21N3O4S/c1-10(20-17(23)15-7-14(22)8-21(15)18(24)25)12-3-5-13(6-4-12)16-11(2)19-9-26-16/h3-6,9-10,14-15,22H,7-8H2,1-2H3,(H,20,23)(H,24,25)/t10?,14-,15+/m1/s1. The number of aromatic nitrogens is 1. The molecular weight excluding hydrogens is 354 g/mol. The fraction of sp³-hybridized carbons (Fsp3) is 0.389. The van der Waals surface area contributed by atoms with Crippen LogP contribution in [0, 0.1) is 6.92 Å². The van der Waals surface area contributed by atoms with Gasteiger partial charge in [-0.1, -0.05) is 24.3 Å². The Balaban J connectivity index is 1.68. The number of nitrogens with one attached hydrogen (secondary N) is 1.